The van der Waals surface area contributed by atoms with Crippen LogP contribution in [0.2, 0.25) is 0 Å². The molecule has 0 aliphatic carbocycles. The van der Waals surface area contributed by atoms with Gasteiger partial charge in [-0.25, -0.2) is 0 Å². The van der Waals surface area contributed by atoms with Crippen molar-refractivity contribution in [1.82, 2.24) is 4.90 Å². The topological polar surface area (TPSA) is 107 Å². The Labute approximate surface area is 184 Å². The number of carbonyl (C=O) groups excluding carboxylic acids is 3. The number of nitro groups is 1. The van der Waals surface area contributed by atoms with Crippen LogP contribution in [0, 0.1) is 10.1 Å². The molecule has 0 bridgehead atoms. The average molecular weight is 491 g/mol. The molecule has 0 unspecified atom stereocenters. The van der Waals surface area contributed by atoms with Gasteiger partial charge in [-0.15, -0.1) is 0 Å². The second kappa shape index (κ2) is 9.23. The summed E-state index contributed by atoms with van der Waals surface area (Å²) in [6.07, 6.45) is 1.55. The number of nitrogens with zero attached hydrogens (tertiary/aromatic N) is 2. The molecular weight excluding hydrogens is 476 g/mol. The lowest BCUT2D eigenvalue weighted by atomic mass is 10.1. The standard InChI is InChI=1S/C20H15BrN2O6S/c1-2-29-17-8-5-14(21)9-13(17)10-18-19(25)22(20(26)30-18)11-16(24)12-3-6-15(7-4-12)23(27)28/h3-10H,2,11H2,1H3/b18-10+. The first kappa shape index (κ1) is 21.7. The number of thioether (sulfide) groups is 1. The monoisotopic (exact) mass is 490 g/mol. The van der Waals surface area contributed by atoms with E-state index in [9.17, 15) is 24.5 Å². The number of ketones is 1. The number of non-ortho nitro benzene ring substituents is 1. The van der Waals surface area contributed by atoms with Crippen molar-refractivity contribution in [3.63, 3.8) is 0 Å². The number of nitro benzene ring substituents is 1. The van der Waals surface area contributed by atoms with Gasteiger partial charge in [-0.2, -0.15) is 0 Å². The SMILES string of the molecule is CCOc1ccc(Br)cc1/C=C1/SC(=O)N(CC(=O)c2ccc([N+](=O)[O-])cc2)C1=O. The predicted molar refractivity (Wildman–Crippen MR) is 115 cm³/mol. The minimum atomic E-state index is -0.581. The van der Waals surface area contributed by atoms with Crippen molar-refractivity contribution < 1.29 is 24.0 Å². The molecule has 1 aliphatic heterocycles. The van der Waals surface area contributed by atoms with Gasteiger partial charge in [0.05, 0.1) is 23.0 Å². The van der Waals surface area contributed by atoms with Gasteiger partial charge in [0.1, 0.15) is 5.75 Å². The lowest BCUT2D eigenvalue weighted by Crippen LogP contribution is -2.33. The Balaban J connectivity index is 1.79. The van der Waals surface area contributed by atoms with Crippen molar-refractivity contribution in [1.29, 1.82) is 0 Å². The van der Waals surface area contributed by atoms with Crippen LogP contribution in [-0.4, -0.2) is 39.9 Å². The fourth-order valence-corrected chi connectivity index (χ4v) is 3.91. The Kier molecular flexibility index (Phi) is 6.68. The number of halogens is 1. The maximum absolute atomic E-state index is 12.7. The summed E-state index contributed by atoms with van der Waals surface area (Å²) >= 11 is 4.11. The van der Waals surface area contributed by atoms with Crippen LogP contribution in [0.5, 0.6) is 5.75 Å². The lowest BCUT2D eigenvalue weighted by molar-refractivity contribution is -0.384. The summed E-state index contributed by atoms with van der Waals surface area (Å²) in [6.45, 7) is 1.83. The van der Waals surface area contributed by atoms with Crippen LogP contribution in [0.3, 0.4) is 0 Å². The molecular formula is C20H15BrN2O6S. The number of carbonyl (C=O) groups is 3. The highest BCUT2D eigenvalue weighted by atomic mass is 79.9. The quantitative estimate of drug-likeness (QED) is 0.240. The molecule has 3 rings (SSSR count). The van der Waals surface area contributed by atoms with Gasteiger partial charge in [-0.3, -0.25) is 29.4 Å². The third kappa shape index (κ3) is 4.77. The molecule has 0 spiro atoms. The van der Waals surface area contributed by atoms with E-state index in [0.717, 1.165) is 21.1 Å². The zero-order valence-electron chi connectivity index (χ0n) is 15.7. The van der Waals surface area contributed by atoms with E-state index in [2.05, 4.69) is 15.9 Å². The van der Waals surface area contributed by atoms with Gasteiger partial charge in [0.15, 0.2) is 5.78 Å². The molecule has 1 heterocycles. The second-order valence-corrected chi connectivity index (χ2v) is 8.02. The van der Waals surface area contributed by atoms with E-state index in [-0.39, 0.29) is 16.2 Å². The van der Waals surface area contributed by atoms with Gasteiger partial charge in [-0.05, 0) is 55.1 Å². The number of benzene rings is 2. The molecule has 30 heavy (non-hydrogen) atoms. The van der Waals surface area contributed by atoms with Gasteiger partial charge in [0, 0.05) is 27.7 Å². The molecule has 0 N–H and O–H groups in total. The second-order valence-electron chi connectivity index (χ2n) is 6.11. The Morgan fingerprint density at radius 3 is 2.57 bits per heavy atom. The number of hydrogen-bond acceptors (Lipinski definition) is 7. The van der Waals surface area contributed by atoms with Crippen molar-refractivity contribution in [2.45, 2.75) is 6.92 Å². The number of Topliss-reactive ketones (excluding diaryl/α,β-unsaturated/α-hetero) is 1. The molecule has 0 aromatic heterocycles. The van der Waals surface area contributed by atoms with Crippen molar-refractivity contribution in [3.05, 3.63) is 73.1 Å². The first-order valence-electron chi connectivity index (χ1n) is 8.75. The molecule has 1 saturated heterocycles. The largest absolute Gasteiger partial charge is 0.493 e. The maximum atomic E-state index is 12.7. The maximum Gasteiger partial charge on any atom is 0.293 e. The van der Waals surface area contributed by atoms with Gasteiger partial charge in [0.2, 0.25) is 0 Å². The molecule has 154 valence electrons. The highest BCUT2D eigenvalue weighted by molar-refractivity contribution is 9.10. The van der Waals surface area contributed by atoms with Gasteiger partial charge >= 0.3 is 0 Å². The highest BCUT2D eigenvalue weighted by Crippen LogP contribution is 2.35. The number of amides is 2. The van der Waals surface area contributed by atoms with Gasteiger partial charge in [-0.1, -0.05) is 15.9 Å². The normalized spacial score (nSPS) is 15.0. The van der Waals surface area contributed by atoms with Crippen LogP contribution >= 0.6 is 27.7 Å². The molecule has 2 aromatic carbocycles. The summed E-state index contributed by atoms with van der Waals surface area (Å²) in [7, 11) is 0. The molecule has 0 saturated carbocycles. The van der Waals surface area contributed by atoms with Crippen LogP contribution < -0.4 is 4.74 Å². The predicted octanol–water partition coefficient (Wildman–Crippen LogP) is 4.68. The molecule has 1 aliphatic rings. The minimum absolute atomic E-state index is 0.153. The van der Waals surface area contributed by atoms with Crippen LogP contribution in [0.1, 0.15) is 22.8 Å². The van der Waals surface area contributed by atoms with Crippen LogP contribution in [-0.2, 0) is 4.79 Å². The molecule has 1 fully saturated rings. The summed E-state index contributed by atoms with van der Waals surface area (Å²) in [5, 5.41) is 10.2. The Morgan fingerprint density at radius 2 is 1.93 bits per heavy atom. The fourth-order valence-electron chi connectivity index (χ4n) is 2.70. The average Bonchev–Trinajstić information content (AvgIpc) is 2.97. The number of hydrogen-bond donors (Lipinski definition) is 0. The van der Waals surface area contributed by atoms with Crippen molar-refractivity contribution >= 4 is 56.4 Å². The van der Waals surface area contributed by atoms with Crippen LogP contribution in [0.15, 0.2) is 51.8 Å². The Morgan fingerprint density at radius 1 is 1.23 bits per heavy atom. The highest BCUT2D eigenvalue weighted by Gasteiger charge is 2.36. The van der Waals surface area contributed by atoms with Crippen molar-refractivity contribution in [3.8, 4) is 5.75 Å². The number of ether oxygens (including phenoxy) is 1. The minimum Gasteiger partial charge on any atom is -0.493 e. The third-order valence-corrected chi connectivity index (χ3v) is 5.53. The molecule has 2 aromatic rings. The molecule has 8 nitrogen and oxygen atoms in total. The van der Waals surface area contributed by atoms with E-state index in [1.54, 1.807) is 24.3 Å². The van der Waals surface area contributed by atoms with E-state index in [1.165, 1.54) is 24.3 Å². The van der Waals surface area contributed by atoms with Crippen LogP contribution in [0.25, 0.3) is 6.08 Å². The van der Waals surface area contributed by atoms with Crippen LogP contribution in [0.4, 0.5) is 10.5 Å². The first-order valence-corrected chi connectivity index (χ1v) is 10.4. The summed E-state index contributed by atoms with van der Waals surface area (Å²) < 4.78 is 6.34. The van der Waals surface area contributed by atoms with E-state index in [4.69, 9.17) is 4.74 Å². The number of rotatable bonds is 7. The summed E-state index contributed by atoms with van der Waals surface area (Å²) in [5.41, 5.74) is 0.646. The van der Waals surface area contributed by atoms with Crippen molar-refractivity contribution in [2.75, 3.05) is 13.2 Å². The van der Waals surface area contributed by atoms with Gasteiger partial charge in [0.25, 0.3) is 16.8 Å². The molecule has 2 amide bonds. The zero-order chi connectivity index (χ0) is 21.8. The molecule has 0 radical (unpaired) electrons. The Bertz CT molecular complexity index is 1070. The first-order chi connectivity index (χ1) is 14.3. The van der Waals surface area contributed by atoms with E-state index < -0.39 is 28.4 Å². The zero-order valence-corrected chi connectivity index (χ0v) is 18.1. The van der Waals surface area contributed by atoms with E-state index in [0.29, 0.717) is 17.9 Å². The van der Waals surface area contributed by atoms with E-state index in [1.807, 2.05) is 6.92 Å². The van der Waals surface area contributed by atoms with Crippen molar-refractivity contribution in [2.24, 2.45) is 0 Å². The third-order valence-electron chi connectivity index (χ3n) is 4.13. The lowest BCUT2D eigenvalue weighted by Gasteiger charge is -2.11. The summed E-state index contributed by atoms with van der Waals surface area (Å²) in [5.74, 6) is -0.511. The van der Waals surface area contributed by atoms with E-state index >= 15 is 0 Å². The smallest absolute Gasteiger partial charge is 0.293 e. The molecule has 10 heteroatoms. The fraction of sp³-hybridized carbons (Fsp3) is 0.150. The number of imide groups is 1. The molecule has 0 atom stereocenters. The summed E-state index contributed by atoms with van der Waals surface area (Å²) in [4.78, 5) is 48.7. The Hall–Kier alpha value is -2.98. The van der Waals surface area contributed by atoms with Gasteiger partial charge < -0.3 is 4.74 Å². The summed E-state index contributed by atoms with van der Waals surface area (Å²) in [6, 6.07) is 10.3.